The number of rotatable bonds is 5. The molecule has 1 fully saturated rings. The van der Waals surface area contributed by atoms with E-state index in [2.05, 4.69) is 17.1 Å². The van der Waals surface area contributed by atoms with Gasteiger partial charge in [0.2, 0.25) is 0 Å². The van der Waals surface area contributed by atoms with Gasteiger partial charge in [-0.05, 0) is 30.9 Å². The summed E-state index contributed by atoms with van der Waals surface area (Å²) in [5, 5.41) is 2.85. The van der Waals surface area contributed by atoms with E-state index in [9.17, 15) is 9.59 Å². The van der Waals surface area contributed by atoms with Gasteiger partial charge in [0.15, 0.2) is 11.5 Å². The van der Waals surface area contributed by atoms with E-state index in [1.54, 1.807) is 24.3 Å². The van der Waals surface area contributed by atoms with Gasteiger partial charge >= 0.3 is 0 Å². The van der Waals surface area contributed by atoms with Gasteiger partial charge in [-0.3, -0.25) is 14.5 Å². The van der Waals surface area contributed by atoms with Gasteiger partial charge in [-0.1, -0.05) is 37.3 Å². The average molecular weight is 326 g/mol. The Labute approximate surface area is 141 Å². The van der Waals surface area contributed by atoms with E-state index in [0.29, 0.717) is 11.5 Å². The Kier molecular flexibility index (Phi) is 5.11. The molecule has 2 heterocycles. The Hall–Kier alpha value is -2.40. The number of likely N-dealkylation sites (tertiary alicyclic amines) is 1. The van der Waals surface area contributed by atoms with Crippen LogP contribution >= 0.6 is 0 Å². The highest BCUT2D eigenvalue weighted by Crippen LogP contribution is 2.19. The van der Waals surface area contributed by atoms with Crippen molar-refractivity contribution in [1.29, 1.82) is 0 Å². The lowest BCUT2D eigenvalue weighted by Gasteiger charge is -2.36. The number of hydrogen-bond donors (Lipinski definition) is 1. The number of furan rings is 1. The highest BCUT2D eigenvalue weighted by molar-refractivity contribution is 6.03. The number of hydrogen-bond acceptors (Lipinski definition) is 4. The lowest BCUT2D eigenvalue weighted by atomic mass is 9.97. The summed E-state index contributed by atoms with van der Waals surface area (Å²) in [5.74, 6) is 0.402. The quantitative estimate of drug-likeness (QED) is 0.858. The van der Waals surface area contributed by atoms with Crippen molar-refractivity contribution in [2.75, 3.05) is 13.1 Å². The van der Waals surface area contributed by atoms with Crippen LogP contribution in [0.2, 0.25) is 0 Å². The third-order valence-corrected chi connectivity index (χ3v) is 4.50. The lowest BCUT2D eigenvalue weighted by molar-refractivity contribution is 0.0609. The smallest absolute Gasteiger partial charge is 0.288 e. The predicted molar refractivity (Wildman–Crippen MR) is 90.7 cm³/mol. The molecular formula is C19H22N2O3. The Morgan fingerprint density at radius 3 is 2.46 bits per heavy atom. The van der Waals surface area contributed by atoms with Crippen molar-refractivity contribution in [1.82, 2.24) is 10.2 Å². The van der Waals surface area contributed by atoms with E-state index in [-0.39, 0.29) is 17.5 Å². The lowest BCUT2D eigenvalue weighted by Crippen LogP contribution is -2.55. The van der Waals surface area contributed by atoms with E-state index in [1.807, 2.05) is 18.2 Å². The van der Waals surface area contributed by atoms with Gasteiger partial charge in [-0.2, -0.15) is 0 Å². The van der Waals surface area contributed by atoms with E-state index in [0.717, 1.165) is 25.9 Å². The van der Waals surface area contributed by atoms with Crippen molar-refractivity contribution in [3.05, 3.63) is 60.1 Å². The molecule has 0 aliphatic carbocycles. The standard InChI is InChI=1S/C19H22N2O3/c1-14-9-11-21(12-10-14)18(17(22)15-6-3-2-4-7-15)20-19(23)16-8-5-13-24-16/h2-8,13-14,18H,9-12H2,1H3,(H,20,23)/t18-/m0/s1. The van der Waals surface area contributed by atoms with E-state index < -0.39 is 6.17 Å². The maximum absolute atomic E-state index is 12.9. The monoisotopic (exact) mass is 326 g/mol. The number of nitrogens with zero attached hydrogens (tertiary/aromatic N) is 1. The molecule has 0 spiro atoms. The van der Waals surface area contributed by atoms with Crippen molar-refractivity contribution in [3.63, 3.8) is 0 Å². The minimum absolute atomic E-state index is 0.0925. The van der Waals surface area contributed by atoms with Crippen LogP contribution in [-0.4, -0.2) is 35.8 Å². The van der Waals surface area contributed by atoms with Gasteiger partial charge in [-0.15, -0.1) is 0 Å². The van der Waals surface area contributed by atoms with Crippen molar-refractivity contribution >= 4 is 11.7 Å². The molecule has 1 aromatic carbocycles. The summed E-state index contributed by atoms with van der Waals surface area (Å²) in [5.41, 5.74) is 0.598. The Bertz CT molecular complexity index is 674. The number of nitrogens with one attached hydrogen (secondary N) is 1. The molecule has 0 saturated carbocycles. The first kappa shape index (κ1) is 16.5. The minimum Gasteiger partial charge on any atom is -0.459 e. The molecule has 0 unspecified atom stereocenters. The Morgan fingerprint density at radius 1 is 1.12 bits per heavy atom. The van der Waals surface area contributed by atoms with Gasteiger partial charge in [0, 0.05) is 18.7 Å². The first-order valence-corrected chi connectivity index (χ1v) is 8.33. The summed E-state index contributed by atoms with van der Waals surface area (Å²) in [6, 6.07) is 12.3. The molecule has 1 aliphatic rings. The summed E-state index contributed by atoms with van der Waals surface area (Å²) in [6.07, 6.45) is 2.83. The summed E-state index contributed by atoms with van der Waals surface area (Å²) in [4.78, 5) is 27.4. The van der Waals surface area contributed by atoms with Crippen LogP contribution in [-0.2, 0) is 0 Å². The second-order valence-corrected chi connectivity index (χ2v) is 6.30. The first-order chi connectivity index (χ1) is 11.6. The summed E-state index contributed by atoms with van der Waals surface area (Å²) >= 11 is 0. The second-order valence-electron chi connectivity index (χ2n) is 6.30. The van der Waals surface area contributed by atoms with Crippen LogP contribution in [0.3, 0.4) is 0 Å². The summed E-state index contributed by atoms with van der Waals surface area (Å²) in [7, 11) is 0. The summed E-state index contributed by atoms with van der Waals surface area (Å²) in [6.45, 7) is 3.80. The maximum atomic E-state index is 12.9. The number of Topliss-reactive ketones (excluding diaryl/α,β-unsaturated/α-hetero) is 1. The largest absolute Gasteiger partial charge is 0.459 e. The van der Waals surface area contributed by atoms with Gasteiger partial charge in [-0.25, -0.2) is 0 Å². The first-order valence-electron chi connectivity index (χ1n) is 8.33. The van der Waals surface area contributed by atoms with Crippen LogP contribution in [0.4, 0.5) is 0 Å². The highest BCUT2D eigenvalue weighted by atomic mass is 16.3. The molecule has 1 amide bonds. The molecule has 1 aromatic heterocycles. The molecular weight excluding hydrogens is 304 g/mol. The zero-order valence-corrected chi connectivity index (χ0v) is 13.8. The van der Waals surface area contributed by atoms with Crippen molar-refractivity contribution in [3.8, 4) is 0 Å². The van der Waals surface area contributed by atoms with Gasteiger partial charge in [0.1, 0.15) is 6.17 Å². The van der Waals surface area contributed by atoms with Gasteiger partial charge in [0.05, 0.1) is 6.26 Å². The fourth-order valence-corrected chi connectivity index (χ4v) is 2.97. The third kappa shape index (κ3) is 3.74. The number of piperidine rings is 1. The molecule has 5 nitrogen and oxygen atoms in total. The van der Waals surface area contributed by atoms with Crippen LogP contribution in [0, 0.1) is 5.92 Å². The molecule has 1 N–H and O–H groups in total. The molecule has 0 bridgehead atoms. The number of carbonyl (C=O) groups excluding carboxylic acids is 2. The second kappa shape index (κ2) is 7.45. The third-order valence-electron chi connectivity index (χ3n) is 4.50. The Balaban J connectivity index is 1.80. The van der Waals surface area contributed by atoms with Gasteiger partial charge < -0.3 is 9.73 Å². The van der Waals surface area contributed by atoms with Crippen LogP contribution in [0.15, 0.2) is 53.1 Å². The molecule has 5 heteroatoms. The van der Waals surface area contributed by atoms with E-state index in [1.165, 1.54) is 6.26 Å². The average Bonchev–Trinajstić information content (AvgIpc) is 3.15. The van der Waals surface area contributed by atoms with Crippen LogP contribution in [0.5, 0.6) is 0 Å². The van der Waals surface area contributed by atoms with Crippen LogP contribution in [0.25, 0.3) is 0 Å². The Morgan fingerprint density at radius 2 is 1.83 bits per heavy atom. The van der Waals surface area contributed by atoms with Crippen molar-refractivity contribution < 1.29 is 14.0 Å². The molecule has 1 atom stereocenters. The minimum atomic E-state index is -0.669. The number of ketones is 1. The fraction of sp³-hybridized carbons (Fsp3) is 0.368. The molecule has 0 radical (unpaired) electrons. The van der Waals surface area contributed by atoms with Crippen molar-refractivity contribution in [2.24, 2.45) is 5.92 Å². The molecule has 1 aliphatic heterocycles. The normalized spacial score (nSPS) is 17.4. The molecule has 126 valence electrons. The number of benzene rings is 1. The predicted octanol–water partition coefficient (Wildman–Crippen LogP) is 2.95. The highest BCUT2D eigenvalue weighted by Gasteiger charge is 2.31. The van der Waals surface area contributed by atoms with Crippen LogP contribution in [0.1, 0.15) is 40.7 Å². The zero-order chi connectivity index (χ0) is 16.9. The maximum Gasteiger partial charge on any atom is 0.288 e. The molecule has 3 rings (SSSR count). The zero-order valence-electron chi connectivity index (χ0n) is 13.8. The SMILES string of the molecule is CC1CCN([C@H](NC(=O)c2ccco2)C(=O)c2ccccc2)CC1. The molecule has 24 heavy (non-hydrogen) atoms. The fourth-order valence-electron chi connectivity index (χ4n) is 2.97. The summed E-state index contributed by atoms with van der Waals surface area (Å²) < 4.78 is 5.14. The number of carbonyl (C=O) groups is 2. The topological polar surface area (TPSA) is 62.6 Å². The molecule has 1 saturated heterocycles. The van der Waals surface area contributed by atoms with E-state index in [4.69, 9.17) is 4.42 Å². The van der Waals surface area contributed by atoms with Crippen molar-refractivity contribution in [2.45, 2.75) is 25.9 Å². The van der Waals surface area contributed by atoms with E-state index >= 15 is 0 Å². The number of amides is 1. The molecule has 2 aromatic rings. The van der Waals surface area contributed by atoms with Gasteiger partial charge in [0.25, 0.3) is 5.91 Å². The van der Waals surface area contributed by atoms with Crippen LogP contribution < -0.4 is 5.32 Å².